The van der Waals surface area contributed by atoms with Gasteiger partial charge in [0.05, 0.1) is 29.7 Å². The van der Waals surface area contributed by atoms with E-state index in [0.29, 0.717) is 36.0 Å². The largest absolute Gasteiger partial charge is 0.475 e. The second-order valence-corrected chi connectivity index (χ2v) is 5.98. The number of pyridine rings is 1. The van der Waals surface area contributed by atoms with Crippen LogP contribution in [0.15, 0.2) is 42.6 Å². The van der Waals surface area contributed by atoms with Gasteiger partial charge in [-0.2, -0.15) is 0 Å². The van der Waals surface area contributed by atoms with Gasteiger partial charge in [-0.05, 0) is 32.0 Å². The summed E-state index contributed by atoms with van der Waals surface area (Å²) in [5, 5.41) is 8.16. The molecule has 0 spiro atoms. The van der Waals surface area contributed by atoms with Gasteiger partial charge in [-0.25, -0.2) is 9.78 Å². The summed E-state index contributed by atoms with van der Waals surface area (Å²) in [7, 11) is 1.59. The summed E-state index contributed by atoms with van der Waals surface area (Å²) >= 11 is 0. The minimum absolute atomic E-state index is 0.0123. The molecule has 2 aromatic rings. The number of carbonyl (C=O) groups excluding carboxylic acids is 2. The zero-order chi connectivity index (χ0) is 19.6. The molecule has 0 aliphatic carbocycles. The topological polar surface area (TPSA) is 102 Å². The van der Waals surface area contributed by atoms with E-state index in [-0.39, 0.29) is 18.0 Å². The molecule has 3 amide bonds. The molecule has 0 saturated heterocycles. The Balaban J connectivity index is 2.02. The Morgan fingerprint density at radius 2 is 1.85 bits per heavy atom. The van der Waals surface area contributed by atoms with Crippen molar-refractivity contribution in [2.75, 3.05) is 31.0 Å². The molecule has 0 bridgehead atoms. The maximum absolute atomic E-state index is 12.6. The van der Waals surface area contributed by atoms with Crippen molar-refractivity contribution in [3.8, 4) is 5.88 Å². The zero-order valence-corrected chi connectivity index (χ0v) is 15.6. The molecule has 8 nitrogen and oxygen atoms in total. The Bertz CT molecular complexity index is 763. The van der Waals surface area contributed by atoms with Crippen molar-refractivity contribution in [1.82, 2.24) is 10.3 Å². The molecule has 1 heterocycles. The lowest BCUT2D eigenvalue weighted by molar-refractivity contribution is 0.102. The van der Waals surface area contributed by atoms with E-state index < -0.39 is 0 Å². The fourth-order valence-corrected chi connectivity index (χ4v) is 2.18. The van der Waals surface area contributed by atoms with Gasteiger partial charge in [0, 0.05) is 19.2 Å². The molecule has 0 aliphatic rings. The first-order chi connectivity index (χ1) is 13.0. The van der Waals surface area contributed by atoms with Gasteiger partial charge in [-0.15, -0.1) is 0 Å². The van der Waals surface area contributed by atoms with Crippen LogP contribution in [0.5, 0.6) is 5.88 Å². The number of rotatable bonds is 8. The SMILES string of the molecule is COCCOc1ccc(NC(=O)c2ccccc2NC(=O)NC(C)C)cn1. The van der Waals surface area contributed by atoms with Crippen LogP contribution in [0, 0.1) is 0 Å². The van der Waals surface area contributed by atoms with Crippen LogP contribution in [0.4, 0.5) is 16.2 Å². The summed E-state index contributed by atoms with van der Waals surface area (Å²) in [4.78, 5) is 28.6. The number of carbonyl (C=O) groups is 2. The summed E-state index contributed by atoms with van der Waals surface area (Å²) in [6.45, 7) is 4.57. The van der Waals surface area contributed by atoms with Crippen molar-refractivity contribution in [1.29, 1.82) is 0 Å². The molecule has 0 unspecified atom stereocenters. The van der Waals surface area contributed by atoms with Crippen molar-refractivity contribution in [2.24, 2.45) is 0 Å². The standard InChI is InChI=1S/C19H24N4O4/c1-13(2)21-19(25)23-16-7-5-4-6-15(16)18(24)22-14-8-9-17(20-12-14)27-11-10-26-3/h4-9,12-13H,10-11H2,1-3H3,(H,22,24)(H2,21,23,25). The van der Waals surface area contributed by atoms with Gasteiger partial charge in [0.15, 0.2) is 0 Å². The molecule has 1 aromatic carbocycles. The highest BCUT2D eigenvalue weighted by molar-refractivity contribution is 6.09. The molecule has 0 radical (unpaired) electrons. The monoisotopic (exact) mass is 372 g/mol. The first kappa shape index (κ1) is 20.2. The number of ether oxygens (including phenoxy) is 2. The molecule has 0 fully saturated rings. The Morgan fingerprint density at radius 3 is 2.52 bits per heavy atom. The minimum atomic E-state index is -0.371. The number of benzene rings is 1. The average molecular weight is 372 g/mol. The lowest BCUT2D eigenvalue weighted by atomic mass is 10.1. The van der Waals surface area contributed by atoms with Crippen molar-refractivity contribution >= 4 is 23.3 Å². The van der Waals surface area contributed by atoms with Gasteiger partial charge >= 0.3 is 6.03 Å². The van der Waals surface area contributed by atoms with Crippen LogP contribution in [0.1, 0.15) is 24.2 Å². The highest BCUT2D eigenvalue weighted by Gasteiger charge is 2.14. The Labute approximate surface area is 158 Å². The Morgan fingerprint density at radius 1 is 1.07 bits per heavy atom. The normalized spacial score (nSPS) is 10.4. The maximum atomic E-state index is 12.6. The summed E-state index contributed by atoms with van der Waals surface area (Å²) in [6.07, 6.45) is 1.50. The molecule has 2 rings (SSSR count). The highest BCUT2D eigenvalue weighted by Crippen LogP contribution is 2.18. The van der Waals surface area contributed by atoms with Crippen LogP contribution in [0.3, 0.4) is 0 Å². The molecule has 144 valence electrons. The van der Waals surface area contributed by atoms with Gasteiger partial charge in [-0.1, -0.05) is 12.1 Å². The third kappa shape index (κ3) is 6.59. The van der Waals surface area contributed by atoms with E-state index in [4.69, 9.17) is 9.47 Å². The van der Waals surface area contributed by atoms with Crippen LogP contribution in [0.2, 0.25) is 0 Å². The van der Waals surface area contributed by atoms with Gasteiger partial charge in [-0.3, -0.25) is 4.79 Å². The molecule has 0 atom stereocenters. The van der Waals surface area contributed by atoms with Crippen molar-refractivity contribution in [3.63, 3.8) is 0 Å². The third-order valence-electron chi connectivity index (χ3n) is 3.37. The molecular formula is C19H24N4O4. The number of para-hydroxylation sites is 1. The Kier molecular flexibility index (Phi) is 7.57. The predicted molar refractivity (Wildman–Crippen MR) is 103 cm³/mol. The fraction of sp³-hybridized carbons (Fsp3) is 0.316. The average Bonchev–Trinajstić information content (AvgIpc) is 2.63. The minimum Gasteiger partial charge on any atom is -0.475 e. The van der Waals surface area contributed by atoms with E-state index in [0.717, 1.165) is 0 Å². The number of nitrogens with one attached hydrogen (secondary N) is 3. The molecule has 0 aliphatic heterocycles. The van der Waals surface area contributed by atoms with Crippen LogP contribution in [0.25, 0.3) is 0 Å². The molecule has 0 saturated carbocycles. The molecular weight excluding hydrogens is 348 g/mol. The van der Waals surface area contributed by atoms with Gasteiger partial charge < -0.3 is 25.4 Å². The van der Waals surface area contributed by atoms with Crippen molar-refractivity contribution in [3.05, 3.63) is 48.2 Å². The predicted octanol–water partition coefficient (Wildman–Crippen LogP) is 2.89. The number of aromatic nitrogens is 1. The third-order valence-corrected chi connectivity index (χ3v) is 3.37. The first-order valence-electron chi connectivity index (χ1n) is 8.55. The second-order valence-electron chi connectivity index (χ2n) is 5.98. The van der Waals surface area contributed by atoms with Gasteiger partial charge in [0.1, 0.15) is 6.61 Å². The quantitative estimate of drug-likeness (QED) is 0.619. The second kappa shape index (κ2) is 10.1. The lowest BCUT2D eigenvalue weighted by Gasteiger charge is -2.13. The summed E-state index contributed by atoms with van der Waals surface area (Å²) in [5.41, 5.74) is 1.28. The van der Waals surface area contributed by atoms with Gasteiger partial charge in [0.25, 0.3) is 5.91 Å². The molecule has 8 heteroatoms. The summed E-state index contributed by atoms with van der Waals surface area (Å²) in [6, 6.07) is 9.74. The van der Waals surface area contributed by atoms with Crippen LogP contribution in [-0.4, -0.2) is 43.3 Å². The van der Waals surface area contributed by atoms with Crippen LogP contribution < -0.4 is 20.7 Å². The number of hydrogen-bond acceptors (Lipinski definition) is 5. The molecule has 1 aromatic heterocycles. The first-order valence-corrected chi connectivity index (χ1v) is 8.55. The van der Waals surface area contributed by atoms with Gasteiger partial charge in [0.2, 0.25) is 5.88 Å². The smallest absolute Gasteiger partial charge is 0.319 e. The molecule has 27 heavy (non-hydrogen) atoms. The number of hydrogen-bond donors (Lipinski definition) is 3. The van der Waals surface area contributed by atoms with E-state index >= 15 is 0 Å². The highest BCUT2D eigenvalue weighted by atomic mass is 16.5. The van der Waals surface area contributed by atoms with E-state index in [1.165, 1.54) is 6.20 Å². The summed E-state index contributed by atoms with van der Waals surface area (Å²) < 4.78 is 10.3. The van der Waals surface area contributed by atoms with Crippen molar-refractivity contribution in [2.45, 2.75) is 19.9 Å². The number of urea groups is 1. The van der Waals surface area contributed by atoms with Crippen molar-refractivity contribution < 1.29 is 19.1 Å². The van der Waals surface area contributed by atoms with Crippen LogP contribution >= 0.6 is 0 Å². The molecule has 3 N–H and O–H groups in total. The van der Waals surface area contributed by atoms with E-state index in [9.17, 15) is 9.59 Å². The zero-order valence-electron chi connectivity index (χ0n) is 15.6. The van der Waals surface area contributed by atoms with E-state index in [1.807, 2.05) is 13.8 Å². The fourth-order valence-electron chi connectivity index (χ4n) is 2.18. The maximum Gasteiger partial charge on any atom is 0.319 e. The van der Waals surface area contributed by atoms with E-state index in [2.05, 4.69) is 20.9 Å². The number of methoxy groups -OCH3 is 1. The Hall–Kier alpha value is -3.13. The number of nitrogens with zero attached hydrogens (tertiary/aromatic N) is 1. The van der Waals surface area contributed by atoms with E-state index in [1.54, 1.807) is 43.5 Å². The van der Waals surface area contributed by atoms with Crippen LogP contribution in [-0.2, 0) is 4.74 Å². The number of amides is 3. The lowest BCUT2D eigenvalue weighted by Crippen LogP contribution is -2.34. The number of anilines is 2. The summed E-state index contributed by atoms with van der Waals surface area (Å²) in [5.74, 6) is 0.0859.